The minimum Gasteiger partial charge on any atom is -0.504 e. The fourth-order valence-corrected chi connectivity index (χ4v) is 4.88. The average molecular weight is 660 g/mol. The zero-order valence-electron chi connectivity index (χ0n) is 27.1. The maximum atomic E-state index is 13.1. The van der Waals surface area contributed by atoms with Gasteiger partial charge in [-0.1, -0.05) is 55.5 Å². The number of hydrogen-bond donors (Lipinski definition) is 7. The van der Waals surface area contributed by atoms with Gasteiger partial charge in [0.2, 0.25) is 23.2 Å². The van der Waals surface area contributed by atoms with Gasteiger partial charge in [-0.25, -0.2) is 0 Å². The SMILES string of the molecule is CCc1ccccc1.NCCN(CCN)C(=O)CCC(N)C(=O)NCC(=O)Nc1cn(Cc2ccc(O)c(O)c2)c2ccccc2c1=O. The number of aromatic nitrogens is 1. The van der Waals surface area contributed by atoms with Gasteiger partial charge in [0.05, 0.1) is 18.1 Å². The van der Waals surface area contributed by atoms with Crippen molar-refractivity contribution in [3.8, 4) is 11.5 Å². The Kier molecular flexibility index (Phi) is 14.6. The van der Waals surface area contributed by atoms with Gasteiger partial charge in [0.15, 0.2) is 11.5 Å². The summed E-state index contributed by atoms with van der Waals surface area (Å²) in [6, 6.07) is 20.7. The van der Waals surface area contributed by atoms with Gasteiger partial charge >= 0.3 is 0 Å². The van der Waals surface area contributed by atoms with E-state index in [1.807, 2.05) is 6.07 Å². The standard InChI is InChI=1S/C27H35N7O6.C8H10/c28-9-11-33(12-10-29)25(38)8-6-19(30)27(40)31-14-24(37)32-20-16-34(15-17-5-7-22(35)23(36)13-17)21-4-2-1-3-18(21)26(20)39;1-2-8-6-4-3-5-7-8/h1-5,7,13,16,19,35-36H,6,8-12,14-15,28-30H2,(H,31,40)(H,32,37);3-7H,2H2,1H3. The summed E-state index contributed by atoms with van der Waals surface area (Å²) >= 11 is 0. The zero-order valence-corrected chi connectivity index (χ0v) is 27.1. The number of nitrogens with zero attached hydrogens (tertiary/aromatic N) is 2. The van der Waals surface area contributed by atoms with Gasteiger partial charge in [-0.3, -0.25) is 19.2 Å². The first-order chi connectivity index (χ1) is 23.1. The van der Waals surface area contributed by atoms with Crippen LogP contribution >= 0.6 is 0 Å². The molecule has 4 rings (SSSR count). The molecule has 13 nitrogen and oxygen atoms in total. The summed E-state index contributed by atoms with van der Waals surface area (Å²) in [4.78, 5) is 51.9. The van der Waals surface area contributed by atoms with Crippen LogP contribution in [-0.4, -0.2) is 76.2 Å². The van der Waals surface area contributed by atoms with Crippen molar-refractivity contribution in [2.75, 3.05) is 38.0 Å². The van der Waals surface area contributed by atoms with Crippen LogP contribution in [0.15, 0.2) is 83.8 Å². The van der Waals surface area contributed by atoms with Crippen molar-refractivity contribution < 1.29 is 24.6 Å². The maximum absolute atomic E-state index is 13.1. The van der Waals surface area contributed by atoms with Gasteiger partial charge < -0.3 is 47.5 Å². The molecule has 1 heterocycles. The second kappa shape index (κ2) is 18.8. The highest BCUT2D eigenvalue weighted by atomic mass is 16.3. The highest BCUT2D eigenvalue weighted by Gasteiger charge is 2.19. The molecule has 256 valence electrons. The first-order valence-corrected chi connectivity index (χ1v) is 15.8. The summed E-state index contributed by atoms with van der Waals surface area (Å²) in [5.74, 6) is -2.01. The second-order valence-electron chi connectivity index (χ2n) is 11.0. The lowest BCUT2D eigenvalue weighted by molar-refractivity contribution is -0.131. The quantitative estimate of drug-likeness (QED) is 0.0977. The molecule has 48 heavy (non-hydrogen) atoms. The van der Waals surface area contributed by atoms with Gasteiger partial charge in [-0.2, -0.15) is 0 Å². The lowest BCUT2D eigenvalue weighted by Crippen LogP contribution is -2.45. The number of carbonyl (C=O) groups is 3. The number of pyridine rings is 1. The molecule has 1 atom stereocenters. The van der Waals surface area contributed by atoms with Crippen molar-refractivity contribution >= 4 is 34.3 Å². The van der Waals surface area contributed by atoms with E-state index in [1.165, 1.54) is 28.8 Å². The Morgan fingerprint density at radius 1 is 0.896 bits per heavy atom. The lowest BCUT2D eigenvalue weighted by Gasteiger charge is -2.22. The predicted molar refractivity (Wildman–Crippen MR) is 186 cm³/mol. The van der Waals surface area contributed by atoms with Gasteiger partial charge in [-0.05, 0) is 48.2 Å². The Morgan fingerprint density at radius 2 is 1.56 bits per heavy atom. The van der Waals surface area contributed by atoms with Gasteiger partial charge in [0.1, 0.15) is 5.69 Å². The molecule has 4 aromatic rings. The van der Waals surface area contributed by atoms with Crippen molar-refractivity contribution in [1.29, 1.82) is 0 Å². The third kappa shape index (κ3) is 10.9. The molecule has 0 aliphatic rings. The third-order valence-corrected chi connectivity index (χ3v) is 7.49. The number of para-hydroxylation sites is 1. The Morgan fingerprint density at radius 3 is 2.19 bits per heavy atom. The first-order valence-electron chi connectivity index (χ1n) is 15.8. The monoisotopic (exact) mass is 659 g/mol. The summed E-state index contributed by atoms with van der Waals surface area (Å²) in [5, 5.41) is 24.8. The van der Waals surface area contributed by atoms with E-state index in [1.54, 1.807) is 34.9 Å². The van der Waals surface area contributed by atoms with Crippen LogP contribution in [0, 0.1) is 0 Å². The summed E-state index contributed by atoms with van der Waals surface area (Å²) < 4.78 is 1.72. The van der Waals surface area contributed by atoms with E-state index in [0.29, 0.717) is 29.6 Å². The van der Waals surface area contributed by atoms with Crippen molar-refractivity contribution in [3.63, 3.8) is 0 Å². The predicted octanol–water partition coefficient (Wildman–Crippen LogP) is 1.62. The van der Waals surface area contributed by atoms with Crippen LogP contribution in [0.2, 0.25) is 0 Å². The Bertz CT molecular complexity index is 1720. The molecule has 0 aliphatic heterocycles. The van der Waals surface area contributed by atoms with E-state index < -0.39 is 29.8 Å². The molecule has 0 aliphatic carbocycles. The number of nitrogens with one attached hydrogen (secondary N) is 2. The number of fused-ring (bicyclic) bond motifs is 1. The molecule has 0 fully saturated rings. The summed E-state index contributed by atoms with van der Waals surface area (Å²) in [6.07, 6.45) is 2.71. The Hall–Kier alpha value is -5.24. The van der Waals surface area contributed by atoms with Crippen LogP contribution in [-0.2, 0) is 27.3 Å². The first kappa shape index (κ1) is 37.2. The number of hydrogen-bond acceptors (Lipinski definition) is 9. The number of phenolic OH excluding ortho intramolecular Hbond substituents is 2. The highest BCUT2D eigenvalue weighted by molar-refractivity contribution is 5.96. The van der Waals surface area contributed by atoms with E-state index in [9.17, 15) is 29.4 Å². The average Bonchev–Trinajstić information content (AvgIpc) is 3.10. The molecule has 0 saturated carbocycles. The van der Waals surface area contributed by atoms with Crippen LogP contribution in [0.25, 0.3) is 10.9 Å². The molecule has 0 saturated heterocycles. The highest BCUT2D eigenvalue weighted by Crippen LogP contribution is 2.26. The van der Waals surface area contributed by atoms with Crippen molar-refractivity contribution in [1.82, 2.24) is 14.8 Å². The largest absolute Gasteiger partial charge is 0.504 e. The Balaban J connectivity index is 0.000000681. The van der Waals surface area contributed by atoms with Crippen LogP contribution in [0.5, 0.6) is 11.5 Å². The molecule has 13 heteroatoms. The van der Waals surface area contributed by atoms with Crippen LogP contribution in [0.1, 0.15) is 30.9 Å². The topological polar surface area (TPSA) is 219 Å². The van der Waals surface area contributed by atoms with Gasteiger partial charge in [0.25, 0.3) is 0 Å². The van der Waals surface area contributed by atoms with E-state index in [2.05, 4.69) is 41.8 Å². The minimum absolute atomic E-state index is 0.00394. The van der Waals surface area contributed by atoms with Crippen LogP contribution < -0.4 is 33.3 Å². The van der Waals surface area contributed by atoms with Crippen molar-refractivity contribution in [2.45, 2.75) is 38.8 Å². The fraction of sp³-hybridized carbons (Fsp3) is 0.314. The van der Waals surface area contributed by atoms with Gasteiger partial charge in [-0.15, -0.1) is 0 Å². The van der Waals surface area contributed by atoms with E-state index in [0.717, 1.165) is 6.42 Å². The Labute approximate surface area is 279 Å². The van der Waals surface area contributed by atoms with E-state index >= 15 is 0 Å². The molecule has 0 radical (unpaired) electrons. The molecule has 3 amide bonds. The number of benzene rings is 3. The normalized spacial score (nSPS) is 11.2. The number of aryl methyl sites for hydroxylation is 1. The molecule has 3 aromatic carbocycles. The number of anilines is 1. The number of carbonyl (C=O) groups excluding carboxylic acids is 3. The van der Waals surface area contributed by atoms with Gasteiger partial charge in [0, 0.05) is 50.7 Å². The summed E-state index contributed by atoms with van der Waals surface area (Å²) in [5.41, 5.74) is 19.2. The second-order valence-corrected chi connectivity index (χ2v) is 11.0. The van der Waals surface area contributed by atoms with E-state index in [4.69, 9.17) is 17.2 Å². The maximum Gasteiger partial charge on any atom is 0.243 e. The zero-order chi connectivity index (χ0) is 35.1. The van der Waals surface area contributed by atoms with E-state index in [-0.39, 0.29) is 55.6 Å². The lowest BCUT2D eigenvalue weighted by atomic mass is 10.1. The molecule has 10 N–H and O–H groups in total. The van der Waals surface area contributed by atoms with Crippen LogP contribution in [0.4, 0.5) is 5.69 Å². The number of nitrogens with two attached hydrogens (primary N) is 3. The molecular weight excluding hydrogens is 614 g/mol. The van der Waals surface area contributed by atoms with Crippen LogP contribution in [0.3, 0.4) is 0 Å². The smallest absolute Gasteiger partial charge is 0.243 e. The molecule has 0 spiro atoms. The van der Waals surface area contributed by atoms with Crippen molar-refractivity contribution in [2.24, 2.45) is 17.2 Å². The molecular formula is C35H45N7O6. The fourth-order valence-electron chi connectivity index (χ4n) is 4.88. The molecule has 1 unspecified atom stereocenters. The number of amides is 3. The van der Waals surface area contributed by atoms with Crippen molar-refractivity contribution in [3.05, 3.63) is 100 Å². The third-order valence-electron chi connectivity index (χ3n) is 7.49. The number of aromatic hydroxyl groups is 2. The molecule has 1 aromatic heterocycles. The minimum atomic E-state index is -1.02. The summed E-state index contributed by atoms with van der Waals surface area (Å²) in [6.45, 7) is 3.24. The number of phenols is 2. The summed E-state index contributed by atoms with van der Waals surface area (Å²) in [7, 11) is 0. The molecule has 0 bridgehead atoms. The number of rotatable bonds is 14.